The molecule has 4 heteroatoms. The number of hydrogen-bond acceptors (Lipinski definition) is 3. The molecule has 108 valence electrons. The van der Waals surface area contributed by atoms with Gasteiger partial charge in [-0.25, -0.2) is 0 Å². The lowest BCUT2D eigenvalue weighted by Crippen LogP contribution is -2.39. The molecule has 0 N–H and O–H groups in total. The molecular formula is C16H19BrO3. The average molecular weight is 339 g/mol. The molecule has 0 spiro atoms. The lowest BCUT2D eigenvalue weighted by molar-refractivity contribution is -0.211. The van der Waals surface area contributed by atoms with Crippen LogP contribution >= 0.6 is 15.9 Å². The molecule has 1 unspecified atom stereocenters. The zero-order valence-corrected chi connectivity index (χ0v) is 13.7. The number of hydrogen-bond donors (Lipinski definition) is 0. The van der Waals surface area contributed by atoms with Gasteiger partial charge in [0, 0.05) is 14.2 Å². The quantitative estimate of drug-likeness (QED) is 0.607. The van der Waals surface area contributed by atoms with E-state index in [-0.39, 0.29) is 4.83 Å². The topological polar surface area (TPSA) is 27.7 Å². The van der Waals surface area contributed by atoms with Gasteiger partial charge in [0.15, 0.2) is 0 Å². The van der Waals surface area contributed by atoms with Crippen molar-refractivity contribution in [1.82, 2.24) is 0 Å². The first kappa shape index (κ1) is 15.3. The van der Waals surface area contributed by atoms with Gasteiger partial charge in [-0.2, -0.15) is 0 Å². The molecule has 3 nitrogen and oxygen atoms in total. The average Bonchev–Trinajstić information content (AvgIpc) is 2.48. The Kier molecular flexibility index (Phi) is 4.68. The van der Waals surface area contributed by atoms with E-state index in [2.05, 4.69) is 28.1 Å². The molecule has 2 aromatic carbocycles. The van der Waals surface area contributed by atoms with Gasteiger partial charge in [-0.1, -0.05) is 46.3 Å². The normalized spacial score (nSPS) is 13.4. The molecule has 0 fully saturated rings. The van der Waals surface area contributed by atoms with E-state index in [1.165, 1.54) is 0 Å². The van der Waals surface area contributed by atoms with Crippen molar-refractivity contribution >= 4 is 26.7 Å². The van der Waals surface area contributed by atoms with Gasteiger partial charge in [0.25, 0.3) is 0 Å². The number of halogens is 1. The highest BCUT2D eigenvalue weighted by Gasteiger charge is 2.41. The number of ether oxygens (including phenoxy) is 3. The fourth-order valence-corrected chi connectivity index (χ4v) is 3.19. The van der Waals surface area contributed by atoms with Crippen LogP contribution in [0.25, 0.3) is 10.8 Å². The molecule has 0 aliphatic rings. The Labute approximate surface area is 128 Å². The van der Waals surface area contributed by atoms with E-state index >= 15 is 0 Å². The second-order valence-electron chi connectivity index (χ2n) is 4.56. The molecule has 0 heterocycles. The van der Waals surface area contributed by atoms with Gasteiger partial charge in [0.05, 0.1) is 17.5 Å². The van der Waals surface area contributed by atoms with E-state index in [1.807, 2.05) is 31.2 Å². The second kappa shape index (κ2) is 6.12. The van der Waals surface area contributed by atoms with Gasteiger partial charge < -0.3 is 14.2 Å². The maximum atomic E-state index is 5.74. The van der Waals surface area contributed by atoms with Crippen LogP contribution in [0.3, 0.4) is 0 Å². The zero-order chi connectivity index (χ0) is 14.8. The van der Waals surface area contributed by atoms with Crippen LogP contribution < -0.4 is 4.74 Å². The van der Waals surface area contributed by atoms with Crippen molar-refractivity contribution in [3.8, 4) is 5.75 Å². The van der Waals surface area contributed by atoms with Gasteiger partial charge in [-0.15, -0.1) is 0 Å². The van der Waals surface area contributed by atoms with Gasteiger partial charge in [-0.3, -0.25) is 0 Å². The molecule has 1 atom stereocenters. The third-order valence-corrected chi connectivity index (χ3v) is 4.19. The van der Waals surface area contributed by atoms with Crippen molar-refractivity contribution in [2.45, 2.75) is 17.5 Å². The van der Waals surface area contributed by atoms with Crippen LogP contribution in [0, 0.1) is 0 Å². The van der Waals surface area contributed by atoms with Crippen molar-refractivity contribution in [2.24, 2.45) is 0 Å². The van der Waals surface area contributed by atoms with Crippen LogP contribution in [-0.2, 0) is 15.3 Å². The Morgan fingerprint density at radius 2 is 1.65 bits per heavy atom. The summed E-state index contributed by atoms with van der Waals surface area (Å²) in [7, 11) is 4.94. The minimum atomic E-state index is -0.911. The van der Waals surface area contributed by atoms with Gasteiger partial charge >= 0.3 is 0 Å². The Balaban J connectivity index is 2.85. The van der Waals surface area contributed by atoms with Gasteiger partial charge in [0.2, 0.25) is 5.79 Å². The van der Waals surface area contributed by atoms with Gasteiger partial charge in [0.1, 0.15) is 5.75 Å². The first-order chi connectivity index (χ1) is 9.60. The molecule has 0 saturated heterocycles. The summed E-state index contributed by atoms with van der Waals surface area (Å²) in [5.41, 5.74) is 0.896. The Morgan fingerprint density at radius 1 is 1.00 bits per heavy atom. The summed E-state index contributed by atoms with van der Waals surface area (Å²) in [4.78, 5) is -0.0512. The Bertz CT molecular complexity index is 591. The highest BCUT2D eigenvalue weighted by molar-refractivity contribution is 9.09. The van der Waals surface area contributed by atoms with Crippen molar-refractivity contribution in [2.75, 3.05) is 21.3 Å². The summed E-state index contributed by atoms with van der Waals surface area (Å²) >= 11 is 3.60. The van der Waals surface area contributed by atoms with Crippen LogP contribution in [0.1, 0.15) is 12.5 Å². The number of methoxy groups -OCH3 is 3. The molecule has 0 amide bonds. The maximum absolute atomic E-state index is 5.74. The molecule has 0 aliphatic carbocycles. The fraction of sp³-hybridized carbons (Fsp3) is 0.375. The summed E-state index contributed by atoms with van der Waals surface area (Å²) in [6.07, 6.45) is 0. The fourth-order valence-electron chi connectivity index (χ4n) is 2.59. The van der Waals surface area contributed by atoms with Crippen LogP contribution in [0.4, 0.5) is 0 Å². The monoisotopic (exact) mass is 338 g/mol. The van der Waals surface area contributed by atoms with Crippen molar-refractivity contribution in [3.05, 3.63) is 42.0 Å². The van der Waals surface area contributed by atoms with Crippen molar-refractivity contribution in [3.63, 3.8) is 0 Å². The van der Waals surface area contributed by atoms with E-state index in [9.17, 15) is 0 Å². The molecule has 2 rings (SSSR count). The summed E-state index contributed by atoms with van der Waals surface area (Å²) < 4.78 is 17.0. The Morgan fingerprint density at radius 3 is 2.20 bits per heavy atom. The SMILES string of the molecule is COc1ccc2ccccc2c1C(OC)(OC)C(C)Br. The second-order valence-corrected chi connectivity index (χ2v) is 5.93. The molecule has 0 saturated carbocycles. The third kappa shape index (κ3) is 2.32. The molecular weight excluding hydrogens is 320 g/mol. The summed E-state index contributed by atoms with van der Waals surface area (Å²) in [5.74, 6) is -0.162. The van der Waals surface area contributed by atoms with E-state index in [0.717, 1.165) is 22.1 Å². The highest BCUT2D eigenvalue weighted by Crippen LogP contribution is 2.43. The predicted molar refractivity (Wildman–Crippen MR) is 84.6 cm³/mol. The molecule has 20 heavy (non-hydrogen) atoms. The van der Waals surface area contributed by atoms with Gasteiger partial charge in [-0.05, 0) is 23.8 Å². The summed E-state index contributed by atoms with van der Waals surface area (Å²) in [6, 6.07) is 12.1. The summed E-state index contributed by atoms with van der Waals surface area (Å²) in [6.45, 7) is 1.99. The highest BCUT2D eigenvalue weighted by atomic mass is 79.9. The first-order valence-corrected chi connectivity index (χ1v) is 7.33. The van der Waals surface area contributed by atoms with Crippen LogP contribution in [-0.4, -0.2) is 26.2 Å². The molecule has 0 aromatic heterocycles. The smallest absolute Gasteiger partial charge is 0.211 e. The van der Waals surface area contributed by atoms with Crippen LogP contribution in [0.2, 0.25) is 0 Å². The van der Waals surface area contributed by atoms with Crippen molar-refractivity contribution in [1.29, 1.82) is 0 Å². The first-order valence-electron chi connectivity index (χ1n) is 6.41. The minimum absolute atomic E-state index is 0.0512. The molecule has 2 aromatic rings. The zero-order valence-electron chi connectivity index (χ0n) is 12.1. The van der Waals surface area contributed by atoms with Crippen molar-refractivity contribution < 1.29 is 14.2 Å². The molecule has 0 bridgehead atoms. The number of fused-ring (bicyclic) bond motifs is 1. The molecule has 0 aliphatic heterocycles. The van der Waals surface area contributed by atoms with E-state index < -0.39 is 5.79 Å². The van der Waals surface area contributed by atoms with E-state index in [0.29, 0.717) is 0 Å². The van der Waals surface area contributed by atoms with E-state index in [1.54, 1.807) is 21.3 Å². The molecule has 0 radical (unpaired) electrons. The lowest BCUT2D eigenvalue weighted by atomic mass is 9.94. The number of rotatable bonds is 5. The lowest BCUT2D eigenvalue weighted by Gasteiger charge is -2.35. The minimum Gasteiger partial charge on any atom is -0.496 e. The standard InChI is InChI=1S/C16H19BrO3/c1-11(17)16(19-3,20-4)15-13-8-6-5-7-12(13)9-10-14(15)18-2/h5-11H,1-4H3. The number of benzene rings is 2. The maximum Gasteiger partial charge on any atom is 0.211 e. The summed E-state index contributed by atoms with van der Waals surface area (Å²) in [5, 5.41) is 2.18. The largest absolute Gasteiger partial charge is 0.496 e. The third-order valence-electron chi connectivity index (χ3n) is 3.59. The Hall–Kier alpha value is -1.10. The predicted octanol–water partition coefficient (Wildman–Crippen LogP) is 4.08. The van der Waals surface area contributed by atoms with E-state index in [4.69, 9.17) is 14.2 Å². The number of alkyl halides is 1. The van der Waals surface area contributed by atoms with Crippen LogP contribution in [0.5, 0.6) is 5.75 Å². The van der Waals surface area contributed by atoms with Crippen LogP contribution in [0.15, 0.2) is 36.4 Å².